The number of hydrogen-bond donors (Lipinski definition) is 2. The molecule has 2 amide bonds. The zero-order valence-electron chi connectivity index (χ0n) is 15.8. The van der Waals surface area contributed by atoms with Gasteiger partial charge >= 0.3 is 0 Å². The Labute approximate surface area is 172 Å². The number of nitrogens with one attached hydrogen (secondary N) is 2. The molecule has 2 N–H and O–H groups in total. The summed E-state index contributed by atoms with van der Waals surface area (Å²) in [6.45, 7) is 1.97. The van der Waals surface area contributed by atoms with Gasteiger partial charge in [-0.25, -0.2) is 0 Å². The molecule has 1 aliphatic carbocycles. The Balaban J connectivity index is 1.36. The maximum Gasteiger partial charge on any atom is 0.277 e. The molecule has 4 rings (SSSR count). The van der Waals surface area contributed by atoms with E-state index < -0.39 is 0 Å². The third-order valence-corrected chi connectivity index (χ3v) is 5.29. The van der Waals surface area contributed by atoms with Crippen molar-refractivity contribution >= 4 is 29.3 Å². The summed E-state index contributed by atoms with van der Waals surface area (Å²) in [5.41, 5.74) is 2.85. The maximum absolute atomic E-state index is 12.4. The highest BCUT2D eigenvalue weighted by Gasteiger charge is 2.25. The standard InChI is InChI=1S/C21H20N4O3S/c1-13-6-2-3-7-15(13)20-24-25-21(28-20)29-12-18(26)23-17-9-5-4-8-16(17)19(27)22-14-10-11-14/h2-9,14H,10-12H2,1H3,(H,22,27)(H,23,26). The molecule has 8 heteroatoms. The van der Waals surface area contributed by atoms with Gasteiger partial charge in [-0.1, -0.05) is 42.1 Å². The molecule has 0 spiro atoms. The van der Waals surface area contributed by atoms with E-state index in [0.717, 1.165) is 35.7 Å². The number of aryl methyl sites for hydroxylation is 1. The van der Waals surface area contributed by atoms with Gasteiger partial charge in [0, 0.05) is 11.6 Å². The van der Waals surface area contributed by atoms with E-state index in [1.54, 1.807) is 24.3 Å². The van der Waals surface area contributed by atoms with Gasteiger partial charge in [0.15, 0.2) is 0 Å². The summed E-state index contributed by atoms with van der Waals surface area (Å²) >= 11 is 1.15. The van der Waals surface area contributed by atoms with E-state index in [1.165, 1.54) is 0 Å². The lowest BCUT2D eigenvalue weighted by Gasteiger charge is -2.10. The molecule has 0 saturated heterocycles. The number of amides is 2. The van der Waals surface area contributed by atoms with Gasteiger partial charge in [-0.05, 0) is 43.5 Å². The minimum absolute atomic E-state index is 0.0913. The smallest absolute Gasteiger partial charge is 0.277 e. The number of anilines is 1. The number of nitrogens with zero attached hydrogens (tertiary/aromatic N) is 2. The van der Waals surface area contributed by atoms with Crippen LogP contribution >= 0.6 is 11.8 Å². The van der Waals surface area contributed by atoms with E-state index in [0.29, 0.717) is 22.4 Å². The summed E-state index contributed by atoms with van der Waals surface area (Å²) in [6, 6.07) is 15.0. The molecule has 1 fully saturated rings. The molecule has 0 unspecified atom stereocenters. The SMILES string of the molecule is Cc1ccccc1-c1nnc(SCC(=O)Nc2ccccc2C(=O)NC2CC2)o1. The van der Waals surface area contributed by atoms with Crippen molar-refractivity contribution in [1.29, 1.82) is 0 Å². The molecule has 3 aromatic rings. The quantitative estimate of drug-likeness (QED) is 0.579. The van der Waals surface area contributed by atoms with Crippen LogP contribution in [0.3, 0.4) is 0 Å². The van der Waals surface area contributed by atoms with E-state index >= 15 is 0 Å². The topological polar surface area (TPSA) is 97.1 Å². The third-order valence-electron chi connectivity index (χ3n) is 4.47. The van der Waals surface area contributed by atoms with E-state index in [2.05, 4.69) is 20.8 Å². The van der Waals surface area contributed by atoms with Crippen LogP contribution in [0, 0.1) is 6.92 Å². The van der Waals surface area contributed by atoms with E-state index in [1.807, 2.05) is 31.2 Å². The van der Waals surface area contributed by atoms with Crippen LogP contribution in [0.25, 0.3) is 11.5 Å². The van der Waals surface area contributed by atoms with Gasteiger partial charge in [0.1, 0.15) is 0 Å². The van der Waals surface area contributed by atoms with Crippen LogP contribution in [-0.2, 0) is 4.79 Å². The minimum atomic E-state index is -0.252. The summed E-state index contributed by atoms with van der Waals surface area (Å²) in [5, 5.41) is 14.1. The summed E-state index contributed by atoms with van der Waals surface area (Å²) < 4.78 is 5.66. The van der Waals surface area contributed by atoms with E-state index in [9.17, 15) is 9.59 Å². The Morgan fingerprint density at radius 3 is 2.66 bits per heavy atom. The van der Waals surface area contributed by atoms with Gasteiger partial charge in [0.25, 0.3) is 11.1 Å². The van der Waals surface area contributed by atoms with Crippen molar-refractivity contribution in [2.45, 2.75) is 31.0 Å². The molecule has 1 saturated carbocycles. The van der Waals surface area contributed by atoms with Gasteiger partial charge in [0.2, 0.25) is 11.8 Å². The Morgan fingerprint density at radius 1 is 1.10 bits per heavy atom. The lowest BCUT2D eigenvalue weighted by atomic mass is 10.1. The second kappa shape index (κ2) is 8.48. The summed E-state index contributed by atoms with van der Waals surface area (Å²) in [4.78, 5) is 24.7. The summed E-state index contributed by atoms with van der Waals surface area (Å²) in [7, 11) is 0. The molecule has 7 nitrogen and oxygen atoms in total. The second-order valence-corrected chi connectivity index (χ2v) is 7.74. The van der Waals surface area contributed by atoms with Crippen LogP contribution < -0.4 is 10.6 Å². The molecule has 1 aliphatic rings. The Hall–Kier alpha value is -3.13. The average Bonchev–Trinajstić information content (AvgIpc) is 3.41. The molecule has 0 atom stereocenters. The first-order chi connectivity index (χ1) is 14.1. The molecule has 2 aromatic carbocycles. The van der Waals surface area contributed by atoms with Gasteiger partial charge in [-0.3, -0.25) is 9.59 Å². The van der Waals surface area contributed by atoms with Crippen molar-refractivity contribution in [3.8, 4) is 11.5 Å². The molecule has 1 aromatic heterocycles. The van der Waals surface area contributed by atoms with Gasteiger partial charge in [0.05, 0.1) is 17.0 Å². The molecular weight excluding hydrogens is 388 g/mol. The first-order valence-electron chi connectivity index (χ1n) is 9.32. The number of carbonyl (C=O) groups excluding carboxylic acids is 2. The summed E-state index contributed by atoms with van der Waals surface area (Å²) in [6.07, 6.45) is 2.01. The van der Waals surface area contributed by atoms with Crippen molar-refractivity contribution in [3.63, 3.8) is 0 Å². The molecule has 148 valence electrons. The van der Waals surface area contributed by atoms with Crippen LogP contribution in [0.4, 0.5) is 5.69 Å². The highest BCUT2D eigenvalue weighted by Crippen LogP contribution is 2.26. The fourth-order valence-corrected chi connectivity index (χ4v) is 3.35. The number of carbonyl (C=O) groups is 2. The first kappa shape index (κ1) is 19.2. The molecule has 1 heterocycles. The van der Waals surface area contributed by atoms with Crippen LogP contribution in [0.2, 0.25) is 0 Å². The fraction of sp³-hybridized carbons (Fsp3) is 0.238. The fourth-order valence-electron chi connectivity index (χ4n) is 2.78. The Kier molecular flexibility index (Phi) is 5.62. The average molecular weight is 408 g/mol. The number of aromatic nitrogens is 2. The van der Waals surface area contributed by atoms with Crippen LogP contribution in [-0.4, -0.2) is 33.8 Å². The minimum Gasteiger partial charge on any atom is -0.411 e. The molecule has 0 radical (unpaired) electrons. The molecule has 0 bridgehead atoms. The Bertz CT molecular complexity index is 1050. The number of rotatable bonds is 7. The van der Waals surface area contributed by atoms with Crippen molar-refractivity contribution in [2.24, 2.45) is 0 Å². The Morgan fingerprint density at radius 2 is 1.86 bits per heavy atom. The van der Waals surface area contributed by atoms with Gasteiger partial charge in [-0.2, -0.15) is 0 Å². The molecule has 0 aliphatic heterocycles. The zero-order valence-corrected chi connectivity index (χ0v) is 16.7. The first-order valence-corrected chi connectivity index (χ1v) is 10.3. The van der Waals surface area contributed by atoms with Crippen LogP contribution in [0.1, 0.15) is 28.8 Å². The van der Waals surface area contributed by atoms with Crippen molar-refractivity contribution in [3.05, 3.63) is 59.7 Å². The van der Waals surface area contributed by atoms with Crippen molar-refractivity contribution in [2.75, 3.05) is 11.1 Å². The van der Waals surface area contributed by atoms with Crippen molar-refractivity contribution < 1.29 is 14.0 Å². The normalized spacial score (nSPS) is 13.1. The highest BCUT2D eigenvalue weighted by molar-refractivity contribution is 7.99. The van der Waals surface area contributed by atoms with Crippen LogP contribution in [0.15, 0.2) is 58.2 Å². The lowest BCUT2D eigenvalue weighted by Crippen LogP contribution is -2.27. The number of para-hydroxylation sites is 1. The van der Waals surface area contributed by atoms with Crippen LogP contribution in [0.5, 0.6) is 0 Å². The largest absolute Gasteiger partial charge is 0.411 e. The van der Waals surface area contributed by atoms with Gasteiger partial charge in [-0.15, -0.1) is 10.2 Å². The molecular formula is C21H20N4O3S. The molecule has 29 heavy (non-hydrogen) atoms. The third kappa shape index (κ3) is 4.83. The zero-order chi connectivity index (χ0) is 20.2. The maximum atomic E-state index is 12.4. The van der Waals surface area contributed by atoms with Gasteiger partial charge < -0.3 is 15.1 Å². The predicted octanol–water partition coefficient (Wildman–Crippen LogP) is 3.67. The monoisotopic (exact) mass is 408 g/mol. The summed E-state index contributed by atoms with van der Waals surface area (Å²) in [5.74, 6) is 0.0924. The highest BCUT2D eigenvalue weighted by atomic mass is 32.2. The van der Waals surface area contributed by atoms with E-state index in [4.69, 9.17) is 4.42 Å². The predicted molar refractivity (Wildman–Crippen MR) is 111 cm³/mol. The lowest BCUT2D eigenvalue weighted by molar-refractivity contribution is -0.113. The van der Waals surface area contributed by atoms with Crippen molar-refractivity contribution in [1.82, 2.24) is 15.5 Å². The van der Waals surface area contributed by atoms with E-state index in [-0.39, 0.29) is 23.6 Å². The number of hydrogen-bond acceptors (Lipinski definition) is 6. The number of thioether (sulfide) groups is 1. The second-order valence-electron chi connectivity index (χ2n) is 6.82. The number of benzene rings is 2.